The lowest BCUT2D eigenvalue weighted by molar-refractivity contribution is -0.133. The van der Waals surface area contributed by atoms with Crippen LogP contribution in [0.2, 0.25) is 0 Å². The van der Waals surface area contributed by atoms with E-state index in [2.05, 4.69) is 20.9 Å². The van der Waals surface area contributed by atoms with E-state index < -0.39 is 0 Å². The number of carbonyl (C=O) groups excluding carboxylic acids is 1. The summed E-state index contributed by atoms with van der Waals surface area (Å²) in [4.78, 5) is 31.6. The van der Waals surface area contributed by atoms with Crippen molar-refractivity contribution in [3.8, 4) is 0 Å². The SMILES string of the molecule is CC(C)N(Cc1ccccc1)C(=O)CCn1cnc2ccc(Br)cc2c1=O. The minimum absolute atomic E-state index is 0.0232. The van der Waals surface area contributed by atoms with E-state index in [0.29, 0.717) is 24.0 Å². The smallest absolute Gasteiger partial charge is 0.261 e. The highest BCUT2D eigenvalue weighted by Crippen LogP contribution is 2.15. The van der Waals surface area contributed by atoms with E-state index in [4.69, 9.17) is 0 Å². The molecule has 0 bridgehead atoms. The quantitative estimate of drug-likeness (QED) is 0.597. The lowest BCUT2D eigenvalue weighted by Gasteiger charge is -2.27. The fourth-order valence-electron chi connectivity index (χ4n) is 2.99. The Morgan fingerprint density at radius 2 is 1.93 bits per heavy atom. The average molecular weight is 428 g/mol. The van der Waals surface area contributed by atoms with Gasteiger partial charge in [0.2, 0.25) is 5.91 Å². The van der Waals surface area contributed by atoms with Crippen LogP contribution in [0.3, 0.4) is 0 Å². The third-order valence-corrected chi connectivity index (χ3v) is 4.99. The summed E-state index contributed by atoms with van der Waals surface area (Å²) in [5.41, 5.74) is 1.61. The highest BCUT2D eigenvalue weighted by molar-refractivity contribution is 9.10. The standard InChI is InChI=1S/C21H22BrN3O2/c1-15(2)25(13-16-6-4-3-5-7-16)20(26)10-11-24-14-23-19-9-8-17(22)12-18(19)21(24)27/h3-9,12,14-15H,10-11,13H2,1-2H3. The Labute approximate surface area is 166 Å². The van der Waals surface area contributed by atoms with Crippen LogP contribution >= 0.6 is 15.9 Å². The molecular formula is C21H22BrN3O2. The number of halogens is 1. The largest absolute Gasteiger partial charge is 0.336 e. The van der Waals surface area contributed by atoms with Crippen molar-refractivity contribution in [2.45, 2.75) is 39.4 Å². The number of aryl methyl sites for hydroxylation is 1. The zero-order valence-corrected chi connectivity index (χ0v) is 17.0. The summed E-state index contributed by atoms with van der Waals surface area (Å²) in [5, 5.41) is 0.546. The molecule has 0 N–H and O–H groups in total. The molecule has 2 aromatic carbocycles. The van der Waals surface area contributed by atoms with Crippen LogP contribution in [0.1, 0.15) is 25.8 Å². The van der Waals surface area contributed by atoms with Gasteiger partial charge in [-0.15, -0.1) is 0 Å². The Bertz CT molecular complexity index is 999. The van der Waals surface area contributed by atoms with Gasteiger partial charge >= 0.3 is 0 Å². The molecule has 0 radical (unpaired) electrons. The monoisotopic (exact) mass is 427 g/mol. The molecule has 0 saturated heterocycles. The molecule has 0 aliphatic carbocycles. The Kier molecular flexibility index (Phi) is 6.06. The predicted molar refractivity (Wildman–Crippen MR) is 110 cm³/mol. The summed E-state index contributed by atoms with van der Waals surface area (Å²) < 4.78 is 2.34. The van der Waals surface area contributed by atoms with Gasteiger partial charge < -0.3 is 4.90 Å². The van der Waals surface area contributed by atoms with Crippen LogP contribution < -0.4 is 5.56 Å². The van der Waals surface area contributed by atoms with Crippen molar-refractivity contribution in [1.82, 2.24) is 14.5 Å². The lowest BCUT2D eigenvalue weighted by atomic mass is 10.1. The normalized spacial score (nSPS) is 11.1. The molecule has 0 saturated carbocycles. The van der Waals surface area contributed by atoms with Gasteiger partial charge in [-0.25, -0.2) is 4.98 Å². The summed E-state index contributed by atoms with van der Waals surface area (Å²) in [7, 11) is 0. The maximum atomic E-state index is 12.8. The maximum Gasteiger partial charge on any atom is 0.261 e. The van der Waals surface area contributed by atoms with E-state index in [0.717, 1.165) is 10.0 Å². The molecule has 0 aliphatic heterocycles. The van der Waals surface area contributed by atoms with Crippen molar-refractivity contribution >= 4 is 32.7 Å². The van der Waals surface area contributed by atoms with Crippen LogP contribution in [0.25, 0.3) is 10.9 Å². The lowest BCUT2D eigenvalue weighted by Crippen LogP contribution is -2.37. The molecule has 1 heterocycles. The molecule has 1 aromatic heterocycles. The molecule has 0 unspecified atom stereocenters. The number of rotatable bonds is 6. The minimum Gasteiger partial charge on any atom is -0.336 e. The molecule has 1 amide bonds. The van der Waals surface area contributed by atoms with E-state index in [9.17, 15) is 9.59 Å². The molecule has 0 fully saturated rings. The number of fused-ring (bicyclic) bond motifs is 1. The van der Waals surface area contributed by atoms with Gasteiger partial charge in [-0.05, 0) is 37.6 Å². The van der Waals surface area contributed by atoms with Gasteiger partial charge in [0.1, 0.15) is 0 Å². The van der Waals surface area contributed by atoms with Gasteiger partial charge in [0.25, 0.3) is 5.56 Å². The van der Waals surface area contributed by atoms with Crippen LogP contribution in [0.15, 0.2) is 64.1 Å². The number of carbonyl (C=O) groups is 1. The number of nitrogens with zero attached hydrogens (tertiary/aromatic N) is 3. The Morgan fingerprint density at radius 3 is 2.63 bits per heavy atom. The number of hydrogen-bond acceptors (Lipinski definition) is 3. The van der Waals surface area contributed by atoms with Crippen LogP contribution in [-0.2, 0) is 17.9 Å². The molecule has 27 heavy (non-hydrogen) atoms. The molecule has 140 valence electrons. The fourth-order valence-corrected chi connectivity index (χ4v) is 3.35. The Hall–Kier alpha value is -2.47. The zero-order chi connectivity index (χ0) is 19.4. The van der Waals surface area contributed by atoms with Gasteiger partial charge in [-0.3, -0.25) is 14.2 Å². The highest BCUT2D eigenvalue weighted by atomic mass is 79.9. The number of amides is 1. The summed E-state index contributed by atoms with van der Waals surface area (Å²) in [5.74, 6) is 0.0232. The van der Waals surface area contributed by atoms with E-state index in [1.165, 1.54) is 10.9 Å². The van der Waals surface area contributed by atoms with Gasteiger partial charge in [0, 0.05) is 30.0 Å². The molecule has 0 aliphatic rings. The predicted octanol–water partition coefficient (Wildman–Crippen LogP) is 3.99. The molecule has 6 heteroatoms. The summed E-state index contributed by atoms with van der Waals surface area (Å²) in [6.45, 7) is 4.88. The molecule has 5 nitrogen and oxygen atoms in total. The van der Waals surface area contributed by atoms with Gasteiger partial charge in [-0.1, -0.05) is 46.3 Å². The number of aromatic nitrogens is 2. The maximum absolute atomic E-state index is 12.8. The first-order chi connectivity index (χ1) is 13.0. The average Bonchev–Trinajstić information content (AvgIpc) is 2.66. The van der Waals surface area contributed by atoms with E-state index in [1.54, 1.807) is 12.1 Å². The topological polar surface area (TPSA) is 55.2 Å². The molecule has 0 spiro atoms. The Balaban J connectivity index is 1.74. The van der Waals surface area contributed by atoms with E-state index in [-0.39, 0.29) is 23.9 Å². The van der Waals surface area contributed by atoms with E-state index in [1.807, 2.05) is 55.1 Å². The molecule has 3 aromatic rings. The number of hydrogen-bond donors (Lipinski definition) is 0. The van der Waals surface area contributed by atoms with Crippen LogP contribution in [0, 0.1) is 0 Å². The van der Waals surface area contributed by atoms with Crippen molar-refractivity contribution in [2.24, 2.45) is 0 Å². The van der Waals surface area contributed by atoms with Crippen LogP contribution in [0.5, 0.6) is 0 Å². The van der Waals surface area contributed by atoms with Crippen molar-refractivity contribution in [2.75, 3.05) is 0 Å². The summed E-state index contributed by atoms with van der Waals surface area (Å²) >= 11 is 3.38. The first kappa shape index (κ1) is 19.3. The van der Waals surface area contributed by atoms with Gasteiger partial charge in [-0.2, -0.15) is 0 Å². The van der Waals surface area contributed by atoms with Gasteiger partial charge in [0.05, 0.1) is 17.2 Å². The third kappa shape index (κ3) is 4.63. The zero-order valence-electron chi connectivity index (χ0n) is 15.4. The Morgan fingerprint density at radius 1 is 1.19 bits per heavy atom. The van der Waals surface area contributed by atoms with Crippen molar-refractivity contribution in [3.05, 3.63) is 75.2 Å². The van der Waals surface area contributed by atoms with Crippen molar-refractivity contribution < 1.29 is 4.79 Å². The van der Waals surface area contributed by atoms with Crippen LogP contribution in [0.4, 0.5) is 0 Å². The molecule has 3 rings (SSSR count). The first-order valence-electron chi connectivity index (χ1n) is 8.94. The second kappa shape index (κ2) is 8.48. The second-order valence-corrected chi connectivity index (χ2v) is 7.67. The third-order valence-electron chi connectivity index (χ3n) is 4.49. The van der Waals surface area contributed by atoms with Gasteiger partial charge in [0.15, 0.2) is 0 Å². The second-order valence-electron chi connectivity index (χ2n) is 6.76. The number of benzene rings is 2. The van der Waals surface area contributed by atoms with E-state index >= 15 is 0 Å². The van der Waals surface area contributed by atoms with Crippen LogP contribution in [-0.4, -0.2) is 26.4 Å². The first-order valence-corrected chi connectivity index (χ1v) is 9.73. The minimum atomic E-state index is -0.131. The summed E-state index contributed by atoms with van der Waals surface area (Å²) in [6, 6.07) is 15.4. The molecule has 0 atom stereocenters. The fraction of sp³-hybridized carbons (Fsp3) is 0.286. The summed E-state index contributed by atoms with van der Waals surface area (Å²) in [6.07, 6.45) is 1.77. The van der Waals surface area contributed by atoms with Crippen molar-refractivity contribution in [3.63, 3.8) is 0 Å². The van der Waals surface area contributed by atoms with Crippen molar-refractivity contribution in [1.29, 1.82) is 0 Å². The highest BCUT2D eigenvalue weighted by Gasteiger charge is 2.17. The molecular weight excluding hydrogens is 406 g/mol.